The molecule has 0 radical (unpaired) electrons. The highest BCUT2D eigenvalue weighted by Gasteiger charge is 2.05. The van der Waals surface area contributed by atoms with Gasteiger partial charge >= 0.3 is 5.97 Å². The van der Waals surface area contributed by atoms with Gasteiger partial charge in [-0.2, -0.15) is 0 Å². The van der Waals surface area contributed by atoms with Gasteiger partial charge in [0.25, 0.3) is 0 Å². The first kappa shape index (κ1) is 39.4. The van der Waals surface area contributed by atoms with E-state index in [1.165, 1.54) is 180 Å². The summed E-state index contributed by atoms with van der Waals surface area (Å²) in [5.41, 5.74) is 0. The van der Waals surface area contributed by atoms with Gasteiger partial charge in [0.05, 0.1) is 0 Å². The Morgan fingerprint density at radius 1 is 0.425 bits per heavy atom. The molecule has 0 saturated heterocycles. The topological polar surface area (TPSA) is 29.5 Å². The van der Waals surface area contributed by atoms with E-state index in [1.54, 1.807) is 0 Å². The fourth-order valence-electron chi connectivity index (χ4n) is 5.72. The number of nitrogens with zero attached hydrogens (tertiary/aromatic N) is 1. The van der Waals surface area contributed by atoms with E-state index in [0.29, 0.717) is 13.0 Å². The van der Waals surface area contributed by atoms with Crippen LogP contribution in [-0.2, 0) is 9.53 Å². The summed E-state index contributed by atoms with van der Waals surface area (Å²) in [6.45, 7) is 7.11. The molecule has 40 heavy (non-hydrogen) atoms. The number of likely N-dealkylation sites (N-methyl/N-ethyl adjacent to an activating group) is 1. The third kappa shape index (κ3) is 33.6. The molecule has 0 heterocycles. The number of esters is 1. The second kappa shape index (κ2) is 34.6. The van der Waals surface area contributed by atoms with E-state index in [2.05, 4.69) is 25.8 Å². The third-order valence-corrected chi connectivity index (χ3v) is 8.61. The highest BCUT2D eigenvalue weighted by atomic mass is 16.5. The van der Waals surface area contributed by atoms with Crippen LogP contribution < -0.4 is 0 Å². The number of ether oxygens (including phenoxy) is 1. The van der Waals surface area contributed by atoms with Crippen LogP contribution in [-0.4, -0.2) is 37.6 Å². The molecule has 0 unspecified atom stereocenters. The fourth-order valence-corrected chi connectivity index (χ4v) is 5.72. The molecule has 0 rings (SSSR count). The Kier molecular flexibility index (Phi) is 34.1. The SMILES string of the molecule is CCCCCCCCCCCCCCCCCCN(C)CCOC(=O)CCCCCCCCCCCCCCC. The van der Waals surface area contributed by atoms with Gasteiger partial charge in [-0.05, 0) is 26.4 Å². The van der Waals surface area contributed by atoms with Crippen LogP contribution in [0, 0.1) is 0 Å². The average Bonchev–Trinajstić information content (AvgIpc) is 2.95. The molecule has 0 N–H and O–H groups in total. The van der Waals surface area contributed by atoms with Crippen LogP contribution >= 0.6 is 0 Å². The van der Waals surface area contributed by atoms with Crippen LogP contribution in [0.5, 0.6) is 0 Å². The molecule has 0 spiro atoms. The minimum Gasteiger partial charge on any atom is -0.464 e. The lowest BCUT2D eigenvalue weighted by Gasteiger charge is -2.16. The Morgan fingerprint density at radius 2 is 0.725 bits per heavy atom. The zero-order valence-electron chi connectivity index (χ0n) is 28.1. The molecule has 0 fully saturated rings. The number of carbonyl (C=O) groups excluding carboxylic acids is 1. The number of hydrogen-bond acceptors (Lipinski definition) is 3. The number of carbonyl (C=O) groups is 1. The van der Waals surface area contributed by atoms with E-state index in [4.69, 9.17) is 4.74 Å². The standard InChI is InChI=1S/C37H75NO2/c1-4-6-8-10-12-14-16-18-19-20-22-24-26-28-30-32-34-38(3)35-36-40-37(39)33-31-29-27-25-23-21-17-15-13-11-9-7-5-2/h4-36H2,1-3H3. The summed E-state index contributed by atoms with van der Waals surface area (Å²) in [5.74, 6) is -0.00104. The lowest BCUT2D eigenvalue weighted by molar-refractivity contribution is -0.144. The van der Waals surface area contributed by atoms with E-state index in [1.807, 2.05) is 0 Å². The smallest absolute Gasteiger partial charge is 0.305 e. The van der Waals surface area contributed by atoms with Crippen molar-refractivity contribution in [1.29, 1.82) is 0 Å². The van der Waals surface area contributed by atoms with Crippen molar-refractivity contribution in [3.8, 4) is 0 Å². The van der Waals surface area contributed by atoms with Crippen molar-refractivity contribution in [3.05, 3.63) is 0 Å². The van der Waals surface area contributed by atoms with Gasteiger partial charge in [0.1, 0.15) is 6.61 Å². The third-order valence-electron chi connectivity index (χ3n) is 8.61. The Balaban J connectivity index is 3.26. The molecule has 0 atom stereocenters. The molecule has 0 saturated carbocycles. The van der Waals surface area contributed by atoms with E-state index in [9.17, 15) is 4.79 Å². The predicted molar refractivity (Wildman–Crippen MR) is 178 cm³/mol. The van der Waals surface area contributed by atoms with Crippen LogP contribution in [0.1, 0.15) is 206 Å². The van der Waals surface area contributed by atoms with Crippen LogP contribution in [0.25, 0.3) is 0 Å². The zero-order valence-corrected chi connectivity index (χ0v) is 28.1. The average molecular weight is 566 g/mol. The van der Waals surface area contributed by atoms with Gasteiger partial charge in [0, 0.05) is 13.0 Å². The highest BCUT2D eigenvalue weighted by molar-refractivity contribution is 5.69. The van der Waals surface area contributed by atoms with Crippen molar-refractivity contribution < 1.29 is 9.53 Å². The highest BCUT2D eigenvalue weighted by Crippen LogP contribution is 2.15. The van der Waals surface area contributed by atoms with E-state index < -0.39 is 0 Å². The fraction of sp³-hybridized carbons (Fsp3) is 0.973. The summed E-state index contributed by atoms with van der Waals surface area (Å²) in [6.07, 6.45) is 40.6. The first-order valence-electron chi connectivity index (χ1n) is 18.5. The summed E-state index contributed by atoms with van der Waals surface area (Å²) in [6, 6.07) is 0. The maximum absolute atomic E-state index is 12.0. The lowest BCUT2D eigenvalue weighted by atomic mass is 10.0. The molecular formula is C37H75NO2. The molecule has 0 aromatic heterocycles. The molecule has 0 aromatic rings. The Hall–Kier alpha value is -0.570. The van der Waals surface area contributed by atoms with Crippen molar-refractivity contribution in [2.24, 2.45) is 0 Å². The van der Waals surface area contributed by atoms with Gasteiger partial charge in [-0.25, -0.2) is 0 Å². The van der Waals surface area contributed by atoms with Crippen LogP contribution in [0.15, 0.2) is 0 Å². The van der Waals surface area contributed by atoms with Crippen molar-refractivity contribution >= 4 is 5.97 Å². The van der Waals surface area contributed by atoms with Crippen molar-refractivity contribution in [2.75, 3.05) is 26.7 Å². The second-order valence-electron chi connectivity index (χ2n) is 12.8. The quantitative estimate of drug-likeness (QED) is 0.0574. The summed E-state index contributed by atoms with van der Waals surface area (Å²) < 4.78 is 5.47. The van der Waals surface area contributed by atoms with Crippen molar-refractivity contribution in [2.45, 2.75) is 206 Å². The predicted octanol–water partition coefficient (Wildman–Crippen LogP) is 12.2. The number of rotatable bonds is 34. The van der Waals surface area contributed by atoms with Crippen LogP contribution in [0.2, 0.25) is 0 Å². The Bertz CT molecular complexity index is 481. The normalized spacial score (nSPS) is 11.5. The second-order valence-corrected chi connectivity index (χ2v) is 12.8. The maximum atomic E-state index is 12.0. The van der Waals surface area contributed by atoms with E-state index in [0.717, 1.165) is 19.5 Å². The minimum absolute atomic E-state index is 0.00104. The van der Waals surface area contributed by atoms with Crippen molar-refractivity contribution in [1.82, 2.24) is 4.90 Å². The largest absolute Gasteiger partial charge is 0.464 e. The molecule has 0 aliphatic rings. The molecule has 0 aromatic carbocycles. The Labute approximate surface area is 253 Å². The molecule has 0 aliphatic heterocycles. The number of unbranched alkanes of at least 4 members (excludes halogenated alkanes) is 27. The summed E-state index contributed by atoms with van der Waals surface area (Å²) >= 11 is 0. The maximum Gasteiger partial charge on any atom is 0.305 e. The first-order valence-corrected chi connectivity index (χ1v) is 18.5. The van der Waals surface area contributed by atoms with Crippen LogP contribution in [0.4, 0.5) is 0 Å². The van der Waals surface area contributed by atoms with Gasteiger partial charge in [-0.15, -0.1) is 0 Å². The molecule has 3 heteroatoms. The molecule has 0 amide bonds. The monoisotopic (exact) mass is 566 g/mol. The first-order chi connectivity index (χ1) is 19.7. The number of hydrogen-bond donors (Lipinski definition) is 0. The summed E-state index contributed by atoms with van der Waals surface area (Å²) in [4.78, 5) is 14.3. The lowest BCUT2D eigenvalue weighted by Crippen LogP contribution is -2.25. The molecule has 0 aliphatic carbocycles. The van der Waals surface area contributed by atoms with E-state index >= 15 is 0 Å². The molecule has 0 bridgehead atoms. The van der Waals surface area contributed by atoms with Gasteiger partial charge in [-0.1, -0.05) is 187 Å². The van der Waals surface area contributed by atoms with Gasteiger partial charge in [-0.3, -0.25) is 4.79 Å². The van der Waals surface area contributed by atoms with Crippen molar-refractivity contribution in [3.63, 3.8) is 0 Å². The Morgan fingerprint density at radius 3 is 1.07 bits per heavy atom. The zero-order chi connectivity index (χ0) is 29.2. The minimum atomic E-state index is -0.00104. The van der Waals surface area contributed by atoms with E-state index in [-0.39, 0.29) is 5.97 Å². The molecule has 3 nitrogen and oxygen atoms in total. The van der Waals surface area contributed by atoms with Gasteiger partial charge < -0.3 is 9.64 Å². The van der Waals surface area contributed by atoms with Gasteiger partial charge in [0.2, 0.25) is 0 Å². The molecule has 240 valence electrons. The van der Waals surface area contributed by atoms with Crippen LogP contribution in [0.3, 0.4) is 0 Å². The summed E-state index contributed by atoms with van der Waals surface area (Å²) in [7, 11) is 2.16. The molecular weight excluding hydrogens is 490 g/mol. The van der Waals surface area contributed by atoms with Gasteiger partial charge in [0.15, 0.2) is 0 Å². The summed E-state index contributed by atoms with van der Waals surface area (Å²) in [5, 5.41) is 0.